The van der Waals surface area contributed by atoms with Crippen molar-refractivity contribution in [1.29, 1.82) is 0 Å². The molecule has 3 heterocycles. The second kappa shape index (κ2) is 8.44. The van der Waals surface area contributed by atoms with E-state index in [0.717, 1.165) is 26.2 Å². The van der Waals surface area contributed by atoms with Crippen molar-refractivity contribution in [2.45, 2.75) is 0 Å². The lowest BCUT2D eigenvalue weighted by Gasteiger charge is -2.30. The standard InChI is InChI=1S/C18H25N7O3/c1-26-13-2-3-15(14(19)12-13)20-16-21-17(24-4-8-27-9-5-24)23-18(22-16)25-6-10-28-11-7-25/h2-3,12H,4-11,19H2,1H3,(H,20,21,22,23). The molecule has 1 aromatic heterocycles. The van der Waals surface area contributed by atoms with E-state index < -0.39 is 0 Å². The monoisotopic (exact) mass is 387 g/mol. The summed E-state index contributed by atoms with van der Waals surface area (Å²) < 4.78 is 16.1. The molecular formula is C18H25N7O3. The third-order valence-electron chi connectivity index (χ3n) is 4.70. The van der Waals surface area contributed by atoms with Gasteiger partial charge in [0.25, 0.3) is 0 Å². The summed E-state index contributed by atoms with van der Waals surface area (Å²) in [6.45, 7) is 5.62. The van der Waals surface area contributed by atoms with E-state index in [1.807, 2.05) is 12.1 Å². The average Bonchev–Trinajstić information content (AvgIpc) is 2.76. The number of rotatable bonds is 5. The smallest absolute Gasteiger partial charge is 0.233 e. The summed E-state index contributed by atoms with van der Waals surface area (Å²) in [4.78, 5) is 18.2. The largest absolute Gasteiger partial charge is 0.497 e. The fourth-order valence-electron chi connectivity index (χ4n) is 3.12. The van der Waals surface area contributed by atoms with E-state index >= 15 is 0 Å². The molecule has 2 saturated heterocycles. The van der Waals surface area contributed by atoms with Gasteiger partial charge in [-0.3, -0.25) is 0 Å². The molecule has 150 valence electrons. The van der Waals surface area contributed by atoms with Crippen LogP contribution in [-0.2, 0) is 9.47 Å². The van der Waals surface area contributed by atoms with Gasteiger partial charge in [-0.1, -0.05) is 0 Å². The highest BCUT2D eigenvalue weighted by Crippen LogP contribution is 2.27. The molecule has 0 bridgehead atoms. The van der Waals surface area contributed by atoms with Crippen LogP contribution in [0, 0.1) is 0 Å². The molecule has 2 aliphatic heterocycles. The van der Waals surface area contributed by atoms with E-state index in [1.54, 1.807) is 13.2 Å². The molecule has 2 fully saturated rings. The quantitative estimate of drug-likeness (QED) is 0.717. The predicted octanol–water partition coefficient (Wildman–Crippen LogP) is 0.879. The van der Waals surface area contributed by atoms with Crippen molar-refractivity contribution in [3.05, 3.63) is 18.2 Å². The van der Waals surface area contributed by atoms with Crippen LogP contribution in [0.2, 0.25) is 0 Å². The van der Waals surface area contributed by atoms with Crippen LogP contribution >= 0.6 is 0 Å². The van der Waals surface area contributed by atoms with Gasteiger partial charge in [0, 0.05) is 32.2 Å². The van der Waals surface area contributed by atoms with Crippen LogP contribution in [-0.4, -0.2) is 74.7 Å². The first-order chi connectivity index (χ1) is 13.7. The van der Waals surface area contributed by atoms with E-state index in [2.05, 4.69) is 25.1 Å². The van der Waals surface area contributed by atoms with E-state index in [-0.39, 0.29) is 0 Å². The number of hydrogen-bond acceptors (Lipinski definition) is 10. The highest BCUT2D eigenvalue weighted by atomic mass is 16.5. The maximum absolute atomic E-state index is 6.14. The third-order valence-corrected chi connectivity index (χ3v) is 4.70. The number of anilines is 5. The van der Waals surface area contributed by atoms with Gasteiger partial charge < -0.3 is 35.1 Å². The molecule has 2 aliphatic rings. The minimum atomic E-state index is 0.454. The van der Waals surface area contributed by atoms with E-state index in [0.29, 0.717) is 61.4 Å². The molecule has 0 radical (unpaired) electrons. The van der Waals surface area contributed by atoms with Crippen LogP contribution in [0.3, 0.4) is 0 Å². The number of nitrogen functional groups attached to an aromatic ring is 1. The Morgan fingerprint density at radius 3 is 2.00 bits per heavy atom. The number of nitrogens with two attached hydrogens (primary N) is 1. The fraction of sp³-hybridized carbons (Fsp3) is 0.500. The Labute approximate surface area is 163 Å². The fourth-order valence-corrected chi connectivity index (χ4v) is 3.12. The Bertz CT molecular complexity index is 772. The Balaban J connectivity index is 1.64. The van der Waals surface area contributed by atoms with Crippen LogP contribution in [0.15, 0.2) is 18.2 Å². The van der Waals surface area contributed by atoms with E-state index in [1.165, 1.54) is 0 Å². The Morgan fingerprint density at radius 2 is 1.50 bits per heavy atom. The molecule has 0 aliphatic carbocycles. The van der Waals surface area contributed by atoms with Gasteiger partial charge in [-0.15, -0.1) is 0 Å². The van der Waals surface area contributed by atoms with Crippen molar-refractivity contribution < 1.29 is 14.2 Å². The zero-order valence-electron chi connectivity index (χ0n) is 15.9. The molecular weight excluding hydrogens is 362 g/mol. The summed E-state index contributed by atoms with van der Waals surface area (Å²) in [5.41, 5.74) is 7.41. The first-order valence-electron chi connectivity index (χ1n) is 9.35. The number of benzene rings is 1. The average molecular weight is 387 g/mol. The Hall–Kier alpha value is -2.85. The highest BCUT2D eigenvalue weighted by Gasteiger charge is 2.21. The molecule has 0 atom stereocenters. The van der Waals surface area contributed by atoms with Gasteiger partial charge in [0.15, 0.2) is 0 Å². The van der Waals surface area contributed by atoms with Crippen molar-refractivity contribution in [3.63, 3.8) is 0 Å². The second-order valence-electron chi connectivity index (χ2n) is 6.54. The molecule has 0 amide bonds. The Kier molecular flexibility index (Phi) is 5.58. The number of aromatic nitrogens is 3. The maximum Gasteiger partial charge on any atom is 0.233 e. The summed E-state index contributed by atoms with van der Waals surface area (Å²) in [6.07, 6.45) is 0. The second-order valence-corrected chi connectivity index (χ2v) is 6.54. The summed E-state index contributed by atoms with van der Waals surface area (Å²) >= 11 is 0. The highest BCUT2D eigenvalue weighted by molar-refractivity contribution is 5.72. The molecule has 1 aromatic carbocycles. The SMILES string of the molecule is COc1ccc(Nc2nc(N3CCOCC3)nc(N3CCOCC3)n2)c(N)c1. The van der Waals surface area contributed by atoms with Crippen LogP contribution in [0.5, 0.6) is 5.75 Å². The molecule has 2 aromatic rings. The van der Waals surface area contributed by atoms with Crippen LogP contribution in [0.4, 0.5) is 29.2 Å². The molecule has 0 unspecified atom stereocenters. The van der Waals surface area contributed by atoms with Gasteiger partial charge in [0.1, 0.15) is 5.75 Å². The third kappa shape index (κ3) is 4.18. The van der Waals surface area contributed by atoms with Crippen molar-refractivity contribution in [2.24, 2.45) is 0 Å². The van der Waals surface area contributed by atoms with Gasteiger partial charge in [-0.05, 0) is 12.1 Å². The Morgan fingerprint density at radius 1 is 0.929 bits per heavy atom. The maximum atomic E-state index is 6.14. The molecule has 0 saturated carbocycles. The molecule has 28 heavy (non-hydrogen) atoms. The summed E-state index contributed by atoms with van der Waals surface area (Å²) in [6, 6.07) is 5.45. The minimum absolute atomic E-state index is 0.454. The van der Waals surface area contributed by atoms with Crippen molar-refractivity contribution in [1.82, 2.24) is 15.0 Å². The lowest BCUT2D eigenvalue weighted by atomic mass is 10.2. The number of ether oxygens (including phenoxy) is 3. The van der Waals surface area contributed by atoms with Crippen LogP contribution < -0.4 is 25.6 Å². The van der Waals surface area contributed by atoms with Gasteiger partial charge >= 0.3 is 0 Å². The molecule has 10 nitrogen and oxygen atoms in total. The van der Waals surface area contributed by atoms with Crippen LogP contribution in [0.1, 0.15) is 0 Å². The van der Waals surface area contributed by atoms with Crippen molar-refractivity contribution in [2.75, 3.05) is 80.6 Å². The number of nitrogens with one attached hydrogen (secondary N) is 1. The van der Waals surface area contributed by atoms with Gasteiger partial charge in [-0.25, -0.2) is 0 Å². The zero-order valence-corrected chi connectivity index (χ0v) is 15.9. The van der Waals surface area contributed by atoms with Gasteiger partial charge in [0.05, 0.1) is 44.9 Å². The number of methoxy groups -OCH3 is 1. The van der Waals surface area contributed by atoms with Crippen molar-refractivity contribution in [3.8, 4) is 5.75 Å². The predicted molar refractivity (Wildman–Crippen MR) is 107 cm³/mol. The lowest BCUT2D eigenvalue weighted by molar-refractivity contribution is 0.121. The lowest BCUT2D eigenvalue weighted by Crippen LogP contribution is -2.40. The first-order valence-corrected chi connectivity index (χ1v) is 9.35. The summed E-state index contributed by atoms with van der Waals surface area (Å²) in [5, 5.41) is 3.22. The normalized spacial score (nSPS) is 17.5. The molecule has 4 rings (SSSR count). The molecule has 3 N–H and O–H groups in total. The summed E-state index contributed by atoms with van der Waals surface area (Å²) in [7, 11) is 1.61. The number of morpholine rings is 2. The van der Waals surface area contributed by atoms with Gasteiger partial charge in [-0.2, -0.15) is 15.0 Å². The van der Waals surface area contributed by atoms with Gasteiger partial charge in [0.2, 0.25) is 17.8 Å². The van der Waals surface area contributed by atoms with Crippen molar-refractivity contribution >= 4 is 29.2 Å². The molecule has 0 spiro atoms. The minimum Gasteiger partial charge on any atom is -0.497 e. The van der Waals surface area contributed by atoms with E-state index in [9.17, 15) is 0 Å². The number of hydrogen-bond donors (Lipinski definition) is 2. The summed E-state index contributed by atoms with van der Waals surface area (Å²) in [5.74, 6) is 2.42. The van der Waals surface area contributed by atoms with Crippen LogP contribution in [0.25, 0.3) is 0 Å². The zero-order chi connectivity index (χ0) is 19.3. The topological polar surface area (TPSA) is 111 Å². The van der Waals surface area contributed by atoms with E-state index in [4.69, 9.17) is 24.9 Å². The first kappa shape index (κ1) is 18.5. The molecule has 10 heteroatoms. The number of nitrogens with zero attached hydrogens (tertiary/aromatic N) is 5.